The van der Waals surface area contributed by atoms with Gasteiger partial charge < -0.3 is 19.9 Å². The summed E-state index contributed by atoms with van der Waals surface area (Å²) in [4.78, 5) is 15.2. The van der Waals surface area contributed by atoms with Gasteiger partial charge in [-0.2, -0.15) is 0 Å². The molecule has 2 atom stereocenters. The molecule has 0 aliphatic carbocycles. The lowest BCUT2D eigenvalue weighted by Crippen LogP contribution is -2.48. The molecule has 0 unspecified atom stereocenters. The number of carbonyl (C=O) groups is 1. The van der Waals surface area contributed by atoms with Gasteiger partial charge in [-0.15, -0.1) is 0 Å². The molecule has 2 N–H and O–H groups in total. The fourth-order valence-electron chi connectivity index (χ4n) is 5.41. The summed E-state index contributed by atoms with van der Waals surface area (Å²) in [6.45, 7) is 3.96. The zero-order valence-electron chi connectivity index (χ0n) is 18.9. The van der Waals surface area contributed by atoms with Crippen LogP contribution in [0.1, 0.15) is 93.1 Å². The first-order valence-corrected chi connectivity index (χ1v) is 12.3. The topological polar surface area (TPSA) is 71.0 Å². The summed E-state index contributed by atoms with van der Waals surface area (Å²) in [5.74, 6) is 1.43. The lowest BCUT2D eigenvalue weighted by Gasteiger charge is -2.32. The van der Waals surface area contributed by atoms with Crippen LogP contribution in [0.5, 0.6) is 11.5 Å². The van der Waals surface area contributed by atoms with Crippen molar-refractivity contribution in [2.24, 2.45) is 0 Å². The molecule has 3 aliphatic heterocycles. The molecule has 1 amide bonds. The molecule has 3 heterocycles. The van der Waals surface area contributed by atoms with Crippen molar-refractivity contribution in [1.82, 2.24) is 10.2 Å². The molecule has 2 saturated heterocycles. The van der Waals surface area contributed by atoms with Crippen LogP contribution in [0.3, 0.4) is 0 Å². The molecule has 0 spiro atoms. The third-order valence-electron chi connectivity index (χ3n) is 7.15. The van der Waals surface area contributed by atoms with Crippen LogP contribution in [0.15, 0.2) is 18.2 Å². The normalized spacial score (nSPS) is 23.4. The van der Waals surface area contributed by atoms with Crippen molar-refractivity contribution in [3.05, 3.63) is 23.8 Å². The fourth-order valence-corrected chi connectivity index (χ4v) is 5.41. The van der Waals surface area contributed by atoms with Crippen molar-refractivity contribution in [3.8, 4) is 11.5 Å². The molecule has 2 fully saturated rings. The Morgan fingerprint density at radius 3 is 2.44 bits per heavy atom. The van der Waals surface area contributed by atoms with E-state index in [4.69, 9.17) is 9.47 Å². The number of nitrogens with one attached hydrogen (secondary N) is 1. The number of fused-ring (bicyclic) bond motifs is 3. The first-order chi connectivity index (χ1) is 15.2. The lowest BCUT2D eigenvalue weighted by atomic mass is 10.00. The van der Waals surface area contributed by atoms with Crippen molar-refractivity contribution < 1.29 is 22.2 Å². The Morgan fingerprint density at radius 2 is 1.75 bits per heavy atom. The molecule has 4 rings (SSSR count). The zero-order chi connectivity index (χ0) is 21.6. The molecule has 32 heavy (non-hydrogen) atoms. The fraction of sp³-hybridized carbons (Fsp3) is 0.731. The van der Waals surface area contributed by atoms with E-state index in [-0.39, 0.29) is 22.2 Å². The summed E-state index contributed by atoms with van der Waals surface area (Å²) in [6.07, 6.45) is 10.3. The number of carbonyl (C=O) groups excluding carboxylic acids is 1. The Hall–Kier alpha value is -1.79. The Kier molecular flexibility index (Phi) is 9.23. The van der Waals surface area contributed by atoms with Gasteiger partial charge in [-0.1, -0.05) is 46.1 Å². The predicted molar refractivity (Wildman–Crippen MR) is 131 cm³/mol. The predicted octanol–water partition coefficient (Wildman–Crippen LogP) is 5.09. The van der Waals surface area contributed by atoms with E-state index in [2.05, 4.69) is 17.1 Å². The number of hydrogen-bond acceptors (Lipinski definition) is 5. The summed E-state index contributed by atoms with van der Waals surface area (Å²) in [5.41, 5.74) is 0.768. The highest BCUT2D eigenvalue weighted by molar-refractivity contribution is 5.76. The number of nitrogens with zero attached hydrogens (tertiary/aromatic N) is 1. The second-order valence-electron chi connectivity index (χ2n) is 9.35. The van der Waals surface area contributed by atoms with E-state index >= 15 is 0 Å². The molecule has 184 valence electrons. The Bertz CT molecular complexity index is 732. The van der Waals surface area contributed by atoms with Crippen LogP contribution in [-0.4, -0.2) is 53.8 Å². The van der Waals surface area contributed by atoms with Gasteiger partial charge in [-0.3, -0.25) is 9.69 Å². The average molecular weight is 451 g/mol. The minimum absolute atomic E-state index is 0. The highest BCUT2D eigenvalue weighted by Gasteiger charge is 2.41. The Balaban J connectivity index is 0.00000193. The summed E-state index contributed by atoms with van der Waals surface area (Å²) >= 11 is 0. The molecule has 6 nitrogen and oxygen atoms in total. The van der Waals surface area contributed by atoms with Crippen LogP contribution >= 0.6 is 0 Å². The standard InChI is InChI=1S/C25H38N2O4.CH4.2H2/c1-2-3-4-5-6-7-24(28)26-21(17-27-19-9-10-20(27)12-11-19)25(29)18-8-13-22-23(16-18)31-15-14-30-22;;;/h8,13,16,19-21,25,29H,2-7,9-12,14-15,17H2,1H3,(H,26,28);1H4;2*1H/t19?,20?,21-,25-;;;/m1.../s1. The van der Waals surface area contributed by atoms with Crippen molar-refractivity contribution >= 4 is 5.91 Å². The maximum Gasteiger partial charge on any atom is 0.220 e. The van der Waals surface area contributed by atoms with Crippen LogP contribution in [0.25, 0.3) is 0 Å². The van der Waals surface area contributed by atoms with E-state index in [1.165, 1.54) is 44.9 Å². The molecule has 0 radical (unpaired) electrons. The monoisotopic (exact) mass is 450 g/mol. The number of unbranched alkanes of at least 4 members (excludes halogenated alkanes) is 4. The number of ether oxygens (including phenoxy) is 2. The second-order valence-corrected chi connectivity index (χ2v) is 9.35. The summed E-state index contributed by atoms with van der Waals surface area (Å²) < 4.78 is 11.3. The summed E-state index contributed by atoms with van der Waals surface area (Å²) in [7, 11) is 0. The van der Waals surface area contributed by atoms with Crippen molar-refractivity contribution in [2.75, 3.05) is 19.8 Å². The van der Waals surface area contributed by atoms with Gasteiger partial charge in [-0.05, 0) is 49.8 Å². The molecule has 1 aromatic rings. The third-order valence-corrected chi connectivity index (χ3v) is 7.15. The molecule has 2 bridgehead atoms. The van der Waals surface area contributed by atoms with Gasteiger partial charge in [0.1, 0.15) is 19.3 Å². The first kappa shape index (κ1) is 24.8. The van der Waals surface area contributed by atoms with E-state index in [0.29, 0.717) is 49.8 Å². The third kappa shape index (κ3) is 5.96. The van der Waals surface area contributed by atoms with Gasteiger partial charge in [0.2, 0.25) is 5.91 Å². The number of rotatable bonds is 11. The first-order valence-electron chi connectivity index (χ1n) is 12.3. The van der Waals surface area contributed by atoms with E-state index < -0.39 is 6.10 Å². The van der Waals surface area contributed by atoms with E-state index in [0.717, 1.165) is 18.4 Å². The van der Waals surface area contributed by atoms with Gasteiger partial charge in [0, 0.05) is 27.9 Å². The molecular formula is C26H46N2O4. The number of hydrogen-bond donors (Lipinski definition) is 2. The molecular weight excluding hydrogens is 404 g/mol. The molecule has 0 aromatic heterocycles. The number of aliphatic hydroxyl groups excluding tert-OH is 1. The van der Waals surface area contributed by atoms with Gasteiger partial charge >= 0.3 is 0 Å². The van der Waals surface area contributed by atoms with Gasteiger partial charge in [0.15, 0.2) is 11.5 Å². The van der Waals surface area contributed by atoms with Gasteiger partial charge in [0.05, 0.1) is 6.04 Å². The Labute approximate surface area is 196 Å². The largest absolute Gasteiger partial charge is 0.486 e. The quantitative estimate of drug-likeness (QED) is 0.460. The molecule has 3 aliphatic rings. The van der Waals surface area contributed by atoms with Crippen LogP contribution < -0.4 is 14.8 Å². The minimum atomic E-state index is -0.778. The van der Waals surface area contributed by atoms with E-state index in [1.807, 2.05) is 18.2 Å². The van der Waals surface area contributed by atoms with Crippen molar-refractivity contribution in [3.63, 3.8) is 0 Å². The maximum atomic E-state index is 12.7. The smallest absolute Gasteiger partial charge is 0.220 e. The number of aliphatic hydroxyl groups is 1. The van der Waals surface area contributed by atoms with Crippen molar-refractivity contribution in [2.45, 2.75) is 103 Å². The maximum absolute atomic E-state index is 12.7. The SMILES string of the molecule is C.CCCCCCCC(=O)N[C@H](CN1C2CCC1CC2)[C@H](O)c1ccc2c(c1)OCCO2.[HH].[HH]. The van der Waals surface area contributed by atoms with Crippen LogP contribution in [0, 0.1) is 0 Å². The molecule has 0 saturated carbocycles. The van der Waals surface area contributed by atoms with Crippen LogP contribution in [0.4, 0.5) is 0 Å². The van der Waals surface area contributed by atoms with E-state index in [1.54, 1.807) is 0 Å². The van der Waals surface area contributed by atoms with Crippen LogP contribution in [0.2, 0.25) is 0 Å². The highest BCUT2D eigenvalue weighted by Crippen LogP contribution is 2.39. The zero-order valence-corrected chi connectivity index (χ0v) is 18.9. The Morgan fingerprint density at radius 1 is 1.09 bits per heavy atom. The van der Waals surface area contributed by atoms with Gasteiger partial charge in [0.25, 0.3) is 0 Å². The average Bonchev–Trinajstić information content (AvgIpc) is 3.36. The van der Waals surface area contributed by atoms with Gasteiger partial charge in [-0.25, -0.2) is 0 Å². The summed E-state index contributed by atoms with van der Waals surface area (Å²) in [5, 5.41) is 14.5. The van der Waals surface area contributed by atoms with Crippen LogP contribution in [-0.2, 0) is 4.79 Å². The molecule has 1 aromatic carbocycles. The van der Waals surface area contributed by atoms with Crippen molar-refractivity contribution in [1.29, 1.82) is 0 Å². The molecule has 6 heteroatoms. The summed E-state index contributed by atoms with van der Waals surface area (Å²) in [6, 6.07) is 6.49. The number of benzene rings is 1. The number of amides is 1. The lowest BCUT2D eigenvalue weighted by molar-refractivity contribution is -0.123. The second kappa shape index (κ2) is 11.9. The highest BCUT2D eigenvalue weighted by atomic mass is 16.6. The minimum Gasteiger partial charge on any atom is -0.486 e. The van der Waals surface area contributed by atoms with E-state index in [9.17, 15) is 9.90 Å².